The van der Waals surface area contributed by atoms with E-state index in [1.807, 2.05) is 0 Å². The molecule has 0 aliphatic heterocycles. The molecule has 0 heterocycles. The summed E-state index contributed by atoms with van der Waals surface area (Å²) in [4.78, 5) is 35.1. The van der Waals surface area contributed by atoms with Gasteiger partial charge in [-0.2, -0.15) is 0 Å². The van der Waals surface area contributed by atoms with Gasteiger partial charge in [-0.1, -0.05) is 12.1 Å². The molecule has 1 aromatic carbocycles. The molecule has 2 N–H and O–H groups in total. The zero-order valence-electron chi connectivity index (χ0n) is 11.3. The Hall–Kier alpha value is -2.41. The van der Waals surface area contributed by atoms with Crippen LogP contribution in [0.5, 0.6) is 0 Å². The Morgan fingerprint density at radius 3 is 2.45 bits per heavy atom. The maximum Gasteiger partial charge on any atom is 0.329 e. The smallest absolute Gasteiger partial charge is 0.329 e. The van der Waals surface area contributed by atoms with Gasteiger partial charge in [0.15, 0.2) is 0 Å². The first kappa shape index (κ1) is 15.6. The number of nitrogens with zero attached hydrogens (tertiary/aromatic N) is 1. The second-order valence-corrected chi connectivity index (χ2v) is 4.18. The highest BCUT2D eigenvalue weighted by Crippen LogP contribution is 2.16. The normalized spacial score (nSPS) is 9.90. The van der Waals surface area contributed by atoms with Gasteiger partial charge in [0, 0.05) is 14.1 Å². The summed E-state index contributed by atoms with van der Waals surface area (Å²) in [6, 6.07) is 6.55. The number of carbonyl (C=O) groups is 3. The summed E-state index contributed by atoms with van der Waals surface area (Å²) < 4.78 is 4.67. The average Bonchev–Trinajstić information content (AvgIpc) is 2.38. The van der Waals surface area contributed by atoms with Crippen molar-refractivity contribution in [2.45, 2.75) is 0 Å². The van der Waals surface area contributed by atoms with Gasteiger partial charge in [-0.15, -0.1) is 0 Å². The Balaban J connectivity index is 2.70. The monoisotopic (exact) mass is 280 g/mol. The molecule has 7 heteroatoms. The van der Waals surface area contributed by atoms with Crippen LogP contribution in [0, 0.1) is 0 Å². The van der Waals surface area contributed by atoms with Crippen LogP contribution in [0.15, 0.2) is 24.3 Å². The van der Waals surface area contributed by atoms with Crippen LogP contribution in [0.2, 0.25) is 0 Å². The van der Waals surface area contributed by atoms with E-state index in [2.05, 4.69) is 10.1 Å². The fourth-order valence-corrected chi connectivity index (χ4v) is 1.44. The molecule has 0 bridgehead atoms. The van der Waals surface area contributed by atoms with Crippen molar-refractivity contribution in [1.29, 1.82) is 0 Å². The topological polar surface area (TPSA) is 95.9 Å². The van der Waals surface area contributed by atoms with Gasteiger partial charge in [0.2, 0.25) is 5.91 Å². The van der Waals surface area contributed by atoms with E-state index in [4.69, 9.17) is 5.11 Å². The third-order valence-corrected chi connectivity index (χ3v) is 2.30. The van der Waals surface area contributed by atoms with Gasteiger partial charge in [-0.05, 0) is 12.1 Å². The van der Waals surface area contributed by atoms with E-state index in [-0.39, 0.29) is 5.91 Å². The first-order valence-corrected chi connectivity index (χ1v) is 5.82. The third-order valence-electron chi connectivity index (χ3n) is 2.30. The number of carboxylic acid groups (broad SMARTS) is 1. The SMILES string of the molecule is CN(C)C(=O)c1ccccc1NC(=O)COCC(=O)O. The molecule has 0 atom stereocenters. The number of ether oxygens (including phenoxy) is 1. The zero-order chi connectivity index (χ0) is 15.1. The van der Waals surface area contributed by atoms with Crippen molar-refractivity contribution in [1.82, 2.24) is 4.90 Å². The number of para-hydroxylation sites is 1. The summed E-state index contributed by atoms with van der Waals surface area (Å²) in [5, 5.41) is 10.9. The maximum absolute atomic E-state index is 11.9. The lowest BCUT2D eigenvalue weighted by molar-refractivity contribution is -0.143. The first-order valence-electron chi connectivity index (χ1n) is 5.82. The molecule has 0 spiro atoms. The number of nitrogens with one attached hydrogen (secondary N) is 1. The van der Waals surface area contributed by atoms with Crippen molar-refractivity contribution in [3.63, 3.8) is 0 Å². The molecule has 0 fully saturated rings. The number of benzene rings is 1. The highest BCUT2D eigenvalue weighted by Gasteiger charge is 2.14. The molecule has 0 saturated heterocycles. The van der Waals surface area contributed by atoms with E-state index in [0.717, 1.165) is 0 Å². The molecule has 7 nitrogen and oxygen atoms in total. The summed E-state index contributed by atoms with van der Waals surface area (Å²) in [5.74, 6) is -1.92. The Labute approximate surface area is 116 Å². The van der Waals surface area contributed by atoms with E-state index >= 15 is 0 Å². The molecule has 0 radical (unpaired) electrons. The predicted octanol–water partition coefficient (Wildman–Crippen LogP) is 0.428. The molecule has 0 aromatic heterocycles. The van der Waals surface area contributed by atoms with Crippen molar-refractivity contribution >= 4 is 23.5 Å². The van der Waals surface area contributed by atoms with Gasteiger partial charge in [0.1, 0.15) is 13.2 Å². The molecular weight excluding hydrogens is 264 g/mol. The minimum absolute atomic E-state index is 0.243. The lowest BCUT2D eigenvalue weighted by Crippen LogP contribution is -2.25. The van der Waals surface area contributed by atoms with Crippen molar-refractivity contribution in [2.75, 3.05) is 32.6 Å². The second-order valence-electron chi connectivity index (χ2n) is 4.18. The van der Waals surface area contributed by atoms with Gasteiger partial charge in [0.25, 0.3) is 5.91 Å². The summed E-state index contributed by atoms with van der Waals surface area (Å²) >= 11 is 0. The molecule has 0 aliphatic rings. The molecule has 0 saturated carbocycles. The molecular formula is C13H16N2O5. The molecule has 108 valence electrons. The van der Waals surface area contributed by atoms with E-state index in [1.165, 1.54) is 4.90 Å². The quantitative estimate of drug-likeness (QED) is 0.787. The van der Waals surface area contributed by atoms with Crippen LogP contribution in [0.25, 0.3) is 0 Å². The number of rotatable bonds is 6. The number of aliphatic carboxylic acids is 1. The lowest BCUT2D eigenvalue weighted by Gasteiger charge is -2.14. The van der Waals surface area contributed by atoms with Crippen LogP contribution in [0.1, 0.15) is 10.4 Å². The molecule has 20 heavy (non-hydrogen) atoms. The van der Waals surface area contributed by atoms with Crippen LogP contribution >= 0.6 is 0 Å². The number of amides is 2. The van der Waals surface area contributed by atoms with Crippen molar-refractivity contribution in [3.8, 4) is 0 Å². The fourth-order valence-electron chi connectivity index (χ4n) is 1.44. The first-order chi connectivity index (χ1) is 9.41. The zero-order valence-corrected chi connectivity index (χ0v) is 11.3. The van der Waals surface area contributed by atoms with E-state index in [9.17, 15) is 14.4 Å². The fraction of sp³-hybridized carbons (Fsp3) is 0.308. The van der Waals surface area contributed by atoms with Gasteiger partial charge < -0.3 is 20.1 Å². The van der Waals surface area contributed by atoms with Crippen molar-refractivity contribution in [2.24, 2.45) is 0 Å². The van der Waals surface area contributed by atoms with Crippen LogP contribution in [0.3, 0.4) is 0 Å². The minimum atomic E-state index is -1.15. The Morgan fingerprint density at radius 1 is 1.20 bits per heavy atom. The highest BCUT2D eigenvalue weighted by molar-refractivity contribution is 6.03. The average molecular weight is 280 g/mol. The van der Waals surface area contributed by atoms with Gasteiger partial charge in [-0.25, -0.2) is 4.79 Å². The van der Waals surface area contributed by atoms with Crippen molar-refractivity contribution < 1.29 is 24.2 Å². The van der Waals surface area contributed by atoms with Crippen molar-refractivity contribution in [3.05, 3.63) is 29.8 Å². The Bertz CT molecular complexity index is 513. The largest absolute Gasteiger partial charge is 0.480 e. The molecule has 2 amide bonds. The number of hydrogen-bond acceptors (Lipinski definition) is 4. The maximum atomic E-state index is 11.9. The number of carboxylic acids is 1. The van der Waals surface area contributed by atoms with Crippen LogP contribution in [-0.4, -0.2) is 55.1 Å². The number of anilines is 1. The van der Waals surface area contributed by atoms with E-state index < -0.39 is 25.1 Å². The Kier molecular flexibility index (Phi) is 5.67. The number of carbonyl (C=O) groups excluding carboxylic acids is 2. The summed E-state index contributed by atoms with van der Waals surface area (Å²) in [6.45, 7) is -0.942. The molecule has 0 unspecified atom stereocenters. The van der Waals surface area contributed by atoms with Crippen LogP contribution < -0.4 is 5.32 Å². The van der Waals surface area contributed by atoms with E-state index in [0.29, 0.717) is 11.3 Å². The standard InChI is InChI=1S/C13H16N2O5/c1-15(2)13(19)9-5-3-4-6-10(9)14-11(16)7-20-8-12(17)18/h3-6H,7-8H2,1-2H3,(H,14,16)(H,17,18). The van der Waals surface area contributed by atoms with E-state index in [1.54, 1.807) is 38.4 Å². The van der Waals surface area contributed by atoms with Crippen LogP contribution in [-0.2, 0) is 14.3 Å². The summed E-state index contributed by atoms with van der Waals surface area (Å²) in [7, 11) is 3.22. The van der Waals surface area contributed by atoms with Crippen LogP contribution in [0.4, 0.5) is 5.69 Å². The molecule has 1 rings (SSSR count). The summed E-state index contributed by atoms with van der Waals surface area (Å²) in [5.41, 5.74) is 0.708. The van der Waals surface area contributed by atoms with Gasteiger partial charge in [0.05, 0.1) is 11.3 Å². The second kappa shape index (κ2) is 7.25. The molecule has 1 aromatic rings. The van der Waals surface area contributed by atoms with Gasteiger partial charge >= 0.3 is 5.97 Å². The van der Waals surface area contributed by atoms with Gasteiger partial charge in [-0.3, -0.25) is 9.59 Å². The number of hydrogen-bond donors (Lipinski definition) is 2. The Morgan fingerprint density at radius 2 is 1.85 bits per heavy atom. The third kappa shape index (κ3) is 4.69. The predicted molar refractivity (Wildman–Crippen MR) is 71.5 cm³/mol. The highest BCUT2D eigenvalue weighted by atomic mass is 16.5. The lowest BCUT2D eigenvalue weighted by atomic mass is 10.1. The summed E-state index contributed by atoms with van der Waals surface area (Å²) in [6.07, 6.45) is 0. The minimum Gasteiger partial charge on any atom is -0.480 e. The molecule has 0 aliphatic carbocycles.